The SMILES string of the molecule is CCOc1ccc([C@H]2CC(=O)c3c([nH]c(C(=O)OC(C)C)c3C)C2)cc1. The Bertz CT molecular complexity index is 817. The number of hydrogen-bond acceptors (Lipinski definition) is 4. The summed E-state index contributed by atoms with van der Waals surface area (Å²) in [6, 6.07) is 7.89. The van der Waals surface area contributed by atoms with Crippen molar-refractivity contribution in [2.45, 2.75) is 52.6 Å². The van der Waals surface area contributed by atoms with Crippen molar-refractivity contribution >= 4 is 11.8 Å². The smallest absolute Gasteiger partial charge is 0.355 e. The van der Waals surface area contributed by atoms with E-state index in [1.54, 1.807) is 6.92 Å². The Morgan fingerprint density at radius 1 is 1.23 bits per heavy atom. The summed E-state index contributed by atoms with van der Waals surface area (Å²) in [5.41, 5.74) is 3.67. The minimum Gasteiger partial charge on any atom is -0.494 e. The van der Waals surface area contributed by atoms with Crippen LogP contribution in [0.5, 0.6) is 5.75 Å². The number of nitrogens with one attached hydrogen (secondary N) is 1. The minimum absolute atomic E-state index is 0.0717. The van der Waals surface area contributed by atoms with Gasteiger partial charge in [-0.15, -0.1) is 0 Å². The lowest BCUT2D eigenvalue weighted by Crippen LogP contribution is -2.18. The first-order valence-electron chi connectivity index (χ1n) is 9.09. The van der Waals surface area contributed by atoms with E-state index in [9.17, 15) is 9.59 Å². The summed E-state index contributed by atoms with van der Waals surface area (Å²) in [6.07, 6.45) is 0.943. The van der Waals surface area contributed by atoms with Crippen molar-refractivity contribution in [3.63, 3.8) is 0 Å². The maximum Gasteiger partial charge on any atom is 0.355 e. The van der Waals surface area contributed by atoms with E-state index < -0.39 is 5.97 Å². The highest BCUT2D eigenvalue weighted by Gasteiger charge is 2.32. The molecule has 1 heterocycles. The van der Waals surface area contributed by atoms with Gasteiger partial charge < -0.3 is 14.5 Å². The number of esters is 1. The average Bonchev–Trinajstić information content (AvgIpc) is 2.92. The zero-order valence-electron chi connectivity index (χ0n) is 15.7. The molecule has 0 radical (unpaired) electrons. The quantitative estimate of drug-likeness (QED) is 0.816. The van der Waals surface area contributed by atoms with Crippen LogP contribution in [0.15, 0.2) is 24.3 Å². The van der Waals surface area contributed by atoms with Gasteiger partial charge in [0.1, 0.15) is 11.4 Å². The van der Waals surface area contributed by atoms with E-state index in [0.717, 1.165) is 17.0 Å². The van der Waals surface area contributed by atoms with Crippen LogP contribution in [0.2, 0.25) is 0 Å². The predicted molar refractivity (Wildman–Crippen MR) is 99.1 cm³/mol. The first kappa shape index (κ1) is 18.2. The molecule has 0 spiro atoms. The third kappa shape index (κ3) is 3.52. The van der Waals surface area contributed by atoms with Gasteiger partial charge in [-0.3, -0.25) is 4.79 Å². The average molecular weight is 355 g/mol. The maximum atomic E-state index is 12.7. The Kier molecular flexibility index (Phi) is 5.16. The number of aromatic nitrogens is 1. The summed E-state index contributed by atoms with van der Waals surface area (Å²) in [6.45, 7) is 8.00. The summed E-state index contributed by atoms with van der Waals surface area (Å²) < 4.78 is 10.8. The molecule has 1 aromatic carbocycles. The molecule has 1 N–H and O–H groups in total. The van der Waals surface area contributed by atoms with Crippen molar-refractivity contribution < 1.29 is 19.1 Å². The largest absolute Gasteiger partial charge is 0.494 e. The van der Waals surface area contributed by atoms with Crippen molar-refractivity contribution in [3.05, 3.63) is 52.3 Å². The second-order valence-electron chi connectivity index (χ2n) is 6.96. The lowest BCUT2D eigenvalue weighted by atomic mass is 9.81. The molecule has 138 valence electrons. The number of fused-ring (bicyclic) bond motifs is 1. The fourth-order valence-corrected chi connectivity index (χ4v) is 3.55. The molecular formula is C21H25NO4. The topological polar surface area (TPSA) is 68.4 Å². The van der Waals surface area contributed by atoms with Crippen LogP contribution in [0.4, 0.5) is 0 Å². The number of benzene rings is 1. The molecule has 0 saturated heterocycles. The highest BCUT2D eigenvalue weighted by Crippen LogP contribution is 2.35. The maximum absolute atomic E-state index is 12.7. The van der Waals surface area contributed by atoms with E-state index in [4.69, 9.17) is 9.47 Å². The van der Waals surface area contributed by atoms with Crippen molar-refractivity contribution in [3.8, 4) is 5.75 Å². The number of Topliss-reactive ketones (excluding diaryl/α,β-unsaturated/α-hetero) is 1. The van der Waals surface area contributed by atoms with Crippen LogP contribution in [-0.2, 0) is 11.2 Å². The number of carbonyl (C=O) groups is 2. The zero-order chi connectivity index (χ0) is 18.8. The Morgan fingerprint density at radius 3 is 2.54 bits per heavy atom. The summed E-state index contributed by atoms with van der Waals surface area (Å²) in [5.74, 6) is 0.589. The van der Waals surface area contributed by atoms with Crippen LogP contribution in [0, 0.1) is 6.92 Å². The number of ether oxygens (including phenoxy) is 2. The predicted octanol–water partition coefficient (Wildman–Crippen LogP) is 4.20. The van der Waals surface area contributed by atoms with Gasteiger partial charge in [-0.05, 0) is 63.3 Å². The lowest BCUT2D eigenvalue weighted by Gasteiger charge is -2.22. The van der Waals surface area contributed by atoms with Gasteiger partial charge in [0.25, 0.3) is 0 Å². The van der Waals surface area contributed by atoms with Gasteiger partial charge in [-0.2, -0.15) is 0 Å². The molecule has 1 aliphatic carbocycles. The van der Waals surface area contributed by atoms with Crippen LogP contribution in [0.3, 0.4) is 0 Å². The van der Waals surface area contributed by atoms with Crippen molar-refractivity contribution in [1.82, 2.24) is 4.98 Å². The summed E-state index contributed by atoms with van der Waals surface area (Å²) in [5, 5.41) is 0. The second kappa shape index (κ2) is 7.36. The molecular weight excluding hydrogens is 330 g/mol. The van der Waals surface area contributed by atoms with Gasteiger partial charge in [-0.1, -0.05) is 12.1 Å². The molecule has 0 unspecified atom stereocenters. The number of rotatable bonds is 5. The molecule has 0 bridgehead atoms. The minimum atomic E-state index is -0.405. The fourth-order valence-electron chi connectivity index (χ4n) is 3.55. The Balaban J connectivity index is 1.86. The van der Waals surface area contributed by atoms with E-state index in [0.29, 0.717) is 36.3 Å². The van der Waals surface area contributed by atoms with Crippen LogP contribution in [-0.4, -0.2) is 29.4 Å². The molecule has 0 saturated carbocycles. The first-order chi connectivity index (χ1) is 12.4. The van der Waals surface area contributed by atoms with Gasteiger partial charge in [0.15, 0.2) is 5.78 Å². The van der Waals surface area contributed by atoms with Gasteiger partial charge in [0.2, 0.25) is 0 Å². The molecule has 5 heteroatoms. The van der Waals surface area contributed by atoms with Gasteiger partial charge in [0.05, 0.1) is 12.7 Å². The van der Waals surface area contributed by atoms with E-state index >= 15 is 0 Å². The van der Waals surface area contributed by atoms with Gasteiger partial charge >= 0.3 is 5.97 Å². The first-order valence-corrected chi connectivity index (χ1v) is 9.09. The standard InChI is InChI=1S/C21H25NO4/c1-5-25-16-8-6-14(7-9-16)15-10-17-19(18(23)11-15)13(4)20(22-17)21(24)26-12(2)3/h6-9,12,15,22H,5,10-11H2,1-4H3/t15-/m1/s1. The molecule has 1 aromatic heterocycles. The van der Waals surface area contributed by atoms with Crippen LogP contribution < -0.4 is 4.74 Å². The fraction of sp³-hybridized carbons (Fsp3) is 0.429. The normalized spacial score (nSPS) is 16.5. The number of ketones is 1. The van der Waals surface area contributed by atoms with E-state index in [2.05, 4.69) is 4.98 Å². The summed E-state index contributed by atoms with van der Waals surface area (Å²) >= 11 is 0. The van der Waals surface area contributed by atoms with Crippen molar-refractivity contribution in [2.75, 3.05) is 6.61 Å². The summed E-state index contributed by atoms with van der Waals surface area (Å²) in [4.78, 5) is 28.1. The third-order valence-electron chi connectivity index (χ3n) is 4.70. The molecule has 1 atom stereocenters. The monoisotopic (exact) mass is 355 g/mol. The van der Waals surface area contributed by atoms with E-state index in [1.165, 1.54) is 0 Å². The number of H-pyrrole nitrogens is 1. The zero-order valence-corrected chi connectivity index (χ0v) is 15.7. The van der Waals surface area contributed by atoms with Crippen LogP contribution in [0.25, 0.3) is 0 Å². The van der Waals surface area contributed by atoms with E-state index in [1.807, 2.05) is 45.0 Å². The number of hydrogen-bond donors (Lipinski definition) is 1. The third-order valence-corrected chi connectivity index (χ3v) is 4.70. The van der Waals surface area contributed by atoms with E-state index in [-0.39, 0.29) is 17.8 Å². The molecule has 26 heavy (non-hydrogen) atoms. The molecule has 2 aromatic rings. The van der Waals surface area contributed by atoms with Crippen molar-refractivity contribution in [2.24, 2.45) is 0 Å². The highest BCUT2D eigenvalue weighted by atomic mass is 16.5. The molecule has 3 rings (SSSR count). The highest BCUT2D eigenvalue weighted by molar-refractivity contribution is 6.03. The summed E-state index contributed by atoms with van der Waals surface area (Å²) in [7, 11) is 0. The number of carbonyl (C=O) groups excluding carboxylic acids is 2. The Hall–Kier alpha value is -2.56. The van der Waals surface area contributed by atoms with Gasteiger partial charge in [-0.25, -0.2) is 4.79 Å². The van der Waals surface area contributed by atoms with Gasteiger partial charge in [0, 0.05) is 17.7 Å². The Labute approximate surface area is 153 Å². The second-order valence-corrected chi connectivity index (χ2v) is 6.96. The van der Waals surface area contributed by atoms with Crippen molar-refractivity contribution in [1.29, 1.82) is 0 Å². The molecule has 5 nitrogen and oxygen atoms in total. The lowest BCUT2D eigenvalue weighted by molar-refractivity contribution is 0.0370. The Morgan fingerprint density at radius 2 is 1.92 bits per heavy atom. The molecule has 0 aliphatic heterocycles. The molecule has 1 aliphatic rings. The molecule has 0 fully saturated rings. The van der Waals surface area contributed by atoms with Crippen LogP contribution in [0.1, 0.15) is 70.8 Å². The number of aromatic amines is 1. The molecule has 0 amide bonds. The van der Waals surface area contributed by atoms with Crippen LogP contribution >= 0.6 is 0 Å².